The molecule has 2 fully saturated rings. The first-order valence-corrected chi connectivity index (χ1v) is 12.3. The maximum absolute atomic E-state index is 12.9. The summed E-state index contributed by atoms with van der Waals surface area (Å²) < 4.78 is 0. The summed E-state index contributed by atoms with van der Waals surface area (Å²) in [7, 11) is 0. The average molecular weight is 482 g/mol. The number of hydrogen-bond acceptors (Lipinski definition) is 5. The van der Waals surface area contributed by atoms with Crippen LogP contribution in [0, 0.1) is 0 Å². The van der Waals surface area contributed by atoms with Gasteiger partial charge in [0.05, 0.1) is 5.60 Å². The fourth-order valence-electron chi connectivity index (χ4n) is 5.23. The number of likely N-dealkylation sites (tertiary alicyclic amines) is 1. The molecule has 7 nitrogen and oxygen atoms in total. The standard InChI is InChI=1S/C26H28ClN3O4/c27-14-17-1-3-18(4-2-17)15-29-11-9-26(34,10-12-29)20-5-6-21-19(13-20)16-30(25(21)33)22-7-8-23(31)28-24(22)32/h1-6,13,22,34H,7-12,14-16H2,(H,28,31,32). The minimum atomic E-state index is -0.945. The third-order valence-corrected chi connectivity index (χ3v) is 7.64. The van der Waals surface area contributed by atoms with Crippen molar-refractivity contribution in [1.82, 2.24) is 15.1 Å². The van der Waals surface area contributed by atoms with Crippen molar-refractivity contribution < 1.29 is 19.5 Å². The highest BCUT2D eigenvalue weighted by atomic mass is 35.5. The molecule has 1 unspecified atom stereocenters. The smallest absolute Gasteiger partial charge is 0.255 e. The molecule has 5 rings (SSSR count). The second kappa shape index (κ2) is 9.13. The van der Waals surface area contributed by atoms with E-state index in [0.29, 0.717) is 37.3 Å². The van der Waals surface area contributed by atoms with Gasteiger partial charge in [-0.05, 0) is 47.6 Å². The van der Waals surface area contributed by atoms with Crippen molar-refractivity contribution in [3.8, 4) is 0 Å². The van der Waals surface area contributed by atoms with Crippen molar-refractivity contribution in [2.24, 2.45) is 0 Å². The molecule has 2 aromatic rings. The van der Waals surface area contributed by atoms with Gasteiger partial charge in [-0.25, -0.2) is 0 Å². The van der Waals surface area contributed by atoms with E-state index in [0.717, 1.165) is 36.3 Å². The number of fused-ring (bicyclic) bond motifs is 1. The van der Waals surface area contributed by atoms with E-state index in [4.69, 9.17) is 11.6 Å². The molecule has 3 heterocycles. The Morgan fingerprint density at radius 1 is 1.03 bits per heavy atom. The molecule has 0 radical (unpaired) electrons. The highest BCUT2D eigenvalue weighted by Crippen LogP contribution is 2.36. The van der Waals surface area contributed by atoms with Crippen LogP contribution in [0.15, 0.2) is 42.5 Å². The molecule has 0 aliphatic carbocycles. The van der Waals surface area contributed by atoms with Crippen LogP contribution in [0.3, 0.4) is 0 Å². The summed E-state index contributed by atoms with van der Waals surface area (Å²) in [5.74, 6) is -0.401. The van der Waals surface area contributed by atoms with Gasteiger partial charge < -0.3 is 10.0 Å². The predicted molar refractivity (Wildman–Crippen MR) is 127 cm³/mol. The number of amides is 3. The van der Waals surface area contributed by atoms with Crippen LogP contribution in [0.25, 0.3) is 0 Å². The Balaban J connectivity index is 1.25. The Morgan fingerprint density at radius 3 is 2.41 bits per heavy atom. The maximum Gasteiger partial charge on any atom is 0.255 e. The lowest BCUT2D eigenvalue weighted by molar-refractivity contribution is -0.136. The van der Waals surface area contributed by atoms with Gasteiger partial charge in [0.15, 0.2) is 0 Å². The number of benzene rings is 2. The number of piperidine rings is 2. The van der Waals surface area contributed by atoms with Crippen LogP contribution in [-0.2, 0) is 34.2 Å². The zero-order chi connectivity index (χ0) is 23.9. The van der Waals surface area contributed by atoms with Crippen LogP contribution in [0.4, 0.5) is 0 Å². The number of nitrogens with zero attached hydrogens (tertiary/aromatic N) is 2. The molecule has 3 amide bonds. The number of carbonyl (C=O) groups is 3. The van der Waals surface area contributed by atoms with E-state index in [2.05, 4.69) is 22.3 Å². The van der Waals surface area contributed by atoms with Crippen molar-refractivity contribution in [2.75, 3.05) is 13.1 Å². The molecule has 2 N–H and O–H groups in total. The predicted octanol–water partition coefficient (Wildman–Crippen LogP) is 2.67. The lowest BCUT2D eigenvalue weighted by Gasteiger charge is -2.38. The lowest BCUT2D eigenvalue weighted by Crippen LogP contribution is -2.52. The molecule has 178 valence electrons. The summed E-state index contributed by atoms with van der Waals surface area (Å²) in [5.41, 5.74) is 3.58. The van der Waals surface area contributed by atoms with E-state index in [1.165, 1.54) is 5.56 Å². The van der Waals surface area contributed by atoms with Crippen LogP contribution < -0.4 is 5.32 Å². The van der Waals surface area contributed by atoms with E-state index >= 15 is 0 Å². The summed E-state index contributed by atoms with van der Waals surface area (Å²) in [6, 6.07) is 13.2. The molecule has 2 aromatic carbocycles. The summed E-state index contributed by atoms with van der Waals surface area (Å²) in [6.45, 7) is 2.69. The first-order valence-electron chi connectivity index (χ1n) is 11.7. The molecule has 2 saturated heterocycles. The van der Waals surface area contributed by atoms with Gasteiger partial charge in [0.25, 0.3) is 5.91 Å². The van der Waals surface area contributed by atoms with E-state index in [-0.39, 0.29) is 18.2 Å². The van der Waals surface area contributed by atoms with Crippen molar-refractivity contribution in [2.45, 2.75) is 56.3 Å². The van der Waals surface area contributed by atoms with Crippen LogP contribution in [0.5, 0.6) is 0 Å². The maximum atomic E-state index is 12.9. The van der Waals surface area contributed by atoms with Gasteiger partial charge in [0.1, 0.15) is 6.04 Å². The van der Waals surface area contributed by atoms with Gasteiger partial charge >= 0.3 is 0 Å². The number of carbonyl (C=O) groups excluding carboxylic acids is 3. The fourth-order valence-corrected chi connectivity index (χ4v) is 5.40. The third-order valence-electron chi connectivity index (χ3n) is 7.33. The molecule has 1 atom stereocenters. The summed E-state index contributed by atoms with van der Waals surface area (Å²) >= 11 is 5.87. The Bertz CT molecular complexity index is 1130. The van der Waals surface area contributed by atoms with Crippen LogP contribution >= 0.6 is 11.6 Å². The van der Waals surface area contributed by atoms with E-state index in [9.17, 15) is 19.5 Å². The average Bonchev–Trinajstić information content (AvgIpc) is 3.17. The normalized spacial score (nSPS) is 22.6. The Kier molecular flexibility index (Phi) is 6.18. The van der Waals surface area contributed by atoms with Crippen molar-refractivity contribution in [1.29, 1.82) is 0 Å². The number of halogens is 1. The summed E-state index contributed by atoms with van der Waals surface area (Å²) in [4.78, 5) is 40.6. The highest BCUT2D eigenvalue weighted by molar-refractivity contribution is 6.17. The minimum Gasteiger partial charge on any atom is -0.385 e. The largest absolute Gasteiger partial charge is 0.385 e. The first kappa shape index (κ1) is 23.0. The molecule has 34 heavy (non-hydrogen) atoms. The first-order chi connectivity index (χ1) is 16.4. The molecular weight excluding hydrogens is 454 g/mol. The number of nitrogens with one attached hydrogen (secondary N) is 1. The van der Waals surface area contributed by atoms with Gasteiger partial charge in [-0.15, -0.1) is 11.6 Å². The van der Waals surface area contributed by atoms with Gasteiger partial charge in [-0.2, -0.15) is 0 Å². The molecule has 8 heteroatoms. The third kappa shape index (κ3) is 4.35. The van der Waals surface area contributed by atoms with Crippen LogP contribution in [0.1, 0.15) is 58.3 Å². The Morgan fingerprint density at radius 2 is 1.74 bits per heavy atom. The number of rotatable bonds is 5. The molecule has 0 bridgehead atoms. The van der Waals surface area contributed by atoms with Crippen LogP contribution in [0.2, 0.25) is 0 Å². The Labute approximate surface area is 203 Å². The number of hydrogen-bond donors (Lipinski definition) is 2. The van der Waals surface area contributed by atoms with Crippen molar-refractivity contribution >= 4 is 29.3 Å². The van der Waals surface area contributed by atoms with Gasteiger partial charge in [0, 0.05) is 44.0 Å². The SMILES string of the molecule is O=C1CCC(N2Cc3cc(C4(O)CCN(Cc5ccc(CCl)cc5)CC4)ccc3C2=O)C(=O)N1. The summed E-state index contributed by atoms with van der Waals surface area (Å²) in [6.07, 6.45) is 1.78. The molecule has 0 saturated carbocycles. The number of aliphatic hydroxyl groups is 1. The molecule has 0 aromatic heterocycles. The summed E-state index contributed by atoms with van der Waals surface area (Å²) in [5, 5.41) is 13.8. The highest BCUT2D eigenvalue weighted by Gasteiger charge is 2.40. The molecule has 3 aliphatic rings. The second-order valence-electron chi connectivity index (χ2n) is 9.53. The van der Waals surface area contributed by atoms with Gasteiger partial charge in [0.2, 0.25) is 11.8 Å². The Hall–Kier alpha value is -2.74. The lowest BCUT2D eigenvalue weighted by atomic mass is 9.83. The van der Waals surface area contributed by atoms with Crippen LogP contribution in [-0.4, -0.2) is 51.8 Å². The molecular formula is C26H28ClN3O4. The van der Waals surface area contributed by atoms with Crippen molar-refractivity contribution in [3.63, 3.8) is 0 Å². The van der Waals surface area contributed by atoms with Gasteiger partial charge in [-0.1, -0.05) is 36.4 Å². The monoisotopic (exact) mass is 481 g/mol. The van der Waals surface area contributed by atoms with E-state index < -0.39 is 17.6 Å². The van der Waals surface area contributed by atoms with Crippen molar-refractivity contribution in [3.05, 3.63) is 70.3 Å². The molecule has 3 aliphatic heterocycles. The second-order valence-corrected chi connectivity index (χ2v) is 9.80. The zero-order valence-corrected chi connectivity index (χ0v) is 19.7. The topological polar surface area (TPSA) is 90.0 Å². The minimum absolute atomic E-state index is 0.196. The quantitative estimate of drug-likeness (QED) is 0.506. The van der Waals surface area contributed by atoms with E-state index in [1.54, 1.807) is 11.0 Å². The van der Waals surface area contributed by atoms with E-state index in [1.807, 2.05) is 24.3 Å². The van der Waals surface area contributed by atoms with Gasteiger partial charge in [-0.3, -0.25) is 24.6 Å². The number of alkyl halides is 1. The molecule has 0 spiro atoms. The number of imide groups is 1. The fraction of sp³-hybridized carbons (Fsp3) is 0.423. The zero-order valence-electron chi connectivity index (χ0n) is 18.9.